The highest BCUT2D eigenvalue weighted by Gasteiger charge is 2.28. The smallest absolute Gasteiger partial charge is 0.213 e. The molecule has 0 amide bonds. The second kappa shape index (κ2) is 5.30. The molecule has 0 bridgehead atoms. The Morgan fingerprint density at radius 1 is 1.37 bits per heavy atom. The van der Waals surface area contributed by atoms with Crippen molar-refractivity contribution in [3.05, 3.63) is 36.2 Å². The first-order valence-corrected chi connectivity index (χ1v) is 6.66. The van der Waals surface area contributed by atoms with Crippen molar-refractivity contribution < 1.29 is 4.74 Å². The number of hydrogen-bond acceptors (Lipinski definition) is 4. The second-order valence-corrected chi connectivity index (χ2v) is 4.88. The van der Waals surface area contributed by atoms with Crippen molar-refractivity contribution in [1.82, 2.24) is 15.2 Å². The van der Waals surface area contributed by atoms with Crippen molar-refractivity contribution in [2.45, 2.75) is 31.3 Å². The molecule has 0 aromatic carbocycles. The number of H-pyrrole nitrogens is 1. The van der Waals surface area contributed by atoms with Gasteiger partial charge in [-0.3, -0.25) is 5.10 Å². The number of aromatic amines is 1. The molecule has 1 aliphatic carbocycles. The Bertz CT molecular complexity index is 525. The molecule has 5 heteroatoms. The molecule has 5 nitrogen and oxygen atoms in total. The van der Waals surface area contributed by atoms with Crippen LogP contribution in [0.5, 0.6) is 5.88 Å². The third-order valence-corrected chi connectivity index (χ3v) is 3.60. The molecular weight excluding hydrogens is 240 g/mol. The summed E-state index contributed by atoms with van der Waals surface area (Å²) in [6.07, 6.45) is 5.22. The topological polar surface area (TPSA) is 62.8 Å². The average Bonchev–Trinajstić information content (AvgIpc) is 3.08. The highest BCUT2D eigenvalue weighted by atomic mass is 16.5. The molecule has 100 valence electrons. The predicted molar refractivity (Wildman–Crippen MR) is 73.4 cm³/mol. The molecule has 3 rings (SSSR count). The lowest BCUT2D eigenvalue weighted by Crippen LogP contribution is -2.12. The van der Waals surface area contributed by atoms with Gasteiger partial charge in [0.05, 0.1) is 0 Å². The van der Waals surface area contributed by atoms with Gasteiger partial charge in [-0.2, -0.15) is 5.10 Å². The Morgan fingerprint density at radius 2 is 2.32 bits per heavy atom. The average molecular weight is 258 g/mol. The second-order valence-electron chi connectivity index (χ2n) is 4.88. The fourth-order valence-corrected chi connectivity index (χ4v) is 2.59. The van der Waals surface area contributed by atoms with Crippen LogP contribution >= 0.6 is 0 Å². The number of nitrogens with zero attached hydrogens (tertiary/aromatic N) is 2. The molecule has 0 aliphatic heterocycles. The maximum atomic E-state index is 5.90. The van der Waals surface area contributed by atoms with E-state index in [0.717, 1.165) is 25.1 Å². The standard InChI is InChI=1S/C14H18N4O/c1-15-13-9-12(17-18-13)10-5-6-11(8-10)19-14-4-2-3-7-16-14/h2-4,7,9-11H,5-6,8H2,1H3,(H2,15,17,18). The van der Waals surface area contributed by atoms with Gasteiger partial charge >= 0.3 is 0 Å². The number of anilines is 1. The van der Waals surface area contributed by atoms with Crippen LogP contribution in [-0.4, -0.2) is 28.3 Å². The number of pyridine rings is 1. The normalized spacial score (nSPS) is 22.4. The van der Waals surface area contributed by atoms with Crippen LogP contribution in [0.1, 0.15) is 30.9 Å². The fourth-order valence-electron chi connectivity index (χ4n) is 2.59. The lowest BCUT2D eigenvalue weighted by Gasteiger charge is -2.12. The highest BCUT2D eigenvalue weighted by molar-refractivity contribution is 5.35. The lowest BCUT2D eigenvalue weighted by atomic mass is 10.0. The summed E-state index contributed by atoms with van der Waals surface area (Å²) in [5, 5.41) is 10.3. The monoisotopic (exact) mass is 258 g/mol. The van der Waals surface area contributed by atoms with Crippen LogP contribution in [0.25, 0.3) is 0 Å². The van der Waals surface area contributed by atoms with Crippen LogP contribution in [0, 0.1) is 0 Å². The maximum absolute atomic E-state index is 5.90. The largest absolute Gasteiger partial charge is 0.474 e. The zero-order valence-electron chi connectivity index (χ0n) is 11.0. The zero-order valence-corrected chi connectivity index (χ0v) is 11.0. The van der Waals surface area contributed by atoms with Crippen molar-refractivity contribution in [3.8, 4) is 5.88 Å². The van der Waals surface area contributed by atoms with E-state index in [-0.39, 0.29) is 6.10 Å². The first-order chi connectivity index (χ1) is 9.35. The molecule has 1 fully saturated rings. The molecule has 0 saturated heterocycles. The Labute approximate surface area is 112 Å². The molecular formula is C14H18N4O. The van der Waals surface area contributed by atoms with Gasteiger partial charge in [0.1, 0.15) is 11.9 Å². The van der Waals surface area contributed by atoms with E-state index in [2.05, 4.69) is 26.6 Å². The number of rotatable bonds is 4. The van der Waals surface area contributed by atoms with E-state index in [1.807, 2.05) is 25.2 Å². The van der Waals surface area contributed by atoms with Gasteiger partial charge in [0, 0.05) is 37.0 Å². The van der Waals surface area contributed by atoms with Crippen LogP contribution < -0.4 is 10.1 Å². The molecule has 19 heavy (non-hydrogen) atoms. The minimum absolute atomic E-state index is 0.251. The predicted octanol–water partition coefficient (Wildman–Crippen LogP) is 2.56. The maximum Gasteiger partial charge on any atom is 0.213 e. The van der Waals surface area contributed by atoms with Crippen LogP contribution in [0.4, 0.5) is 5.82 Å². The number of ether oxygens (including phenoxy) is 1. The quantitative estimate of drug-likeness (QED) is 0.884. The van der Waals surface area contributed by atoms with Gasteiger partial charge in [-0.15, -0.1) is 0 Å². The molecule has 2 heterocycles. The van der Waals surface area contributed by atoms with Gasteiger partial charge in [0.25, 0.3) is 0 Å². The van der Waals surface area contributed by atoms with Gasteiger partial charge < -0.3 is 10.1 Å². The van der Waals surface area contributed by atoms with Crippen molar-refractivity contribution in [2.75, 3.05) is 12.4 Å². The molecule has 2 N–H and O–H groups in total. The van der Waals surface area contributed by atoms with Crippen molar-refractivity contribution in [3.63, 3.8) is 0 Å². The molecule has 2 aromatic rings. The molecule has 2 aromatic heterocycles. The lowest BCUT2D eigenvalue weighted by molar-refractivity contribution is 0.199. The third-order valence-electron chi connectivity index (χ3n) is 3.60. The van der Waals surface area contributed by atoms with Gasteiger partial charge in [-0.25, -0.2) is 4.98 Å². The molecule has 2 atom stereocenters. The summed E-state index contributed by atoms with van der Waals surface area (Å²) in [6.45, 7) is 0. The Balaban J connectivity index is 1.61. The number of aromatic nitrogens is 3. The number of hydrogen-bond donors (Lipinski definition) is 2. The van der Waals surface area contributed by atoms with Gasteiger partial charge in [-0.05, 0) is 25.3 Å². The highest BCUT2D eigenvalue weighted by Crippen LogP contribution is 2.35. The molecule has 0 radical (unpaired) electrons. The molecule has 1 saturated carbocycles. The van der Waals surface area contributed by atoms with Crippen LogP contribution in [0.15, 0.2) is 30.5 Å². The molecule has 2 unspecified atom stereocenters. The van der Waals surface area contributed by atoms with Gasteiger partial charge in [0.2, 0.25) is 5.88 Å². The van der Waals surface area contributed by atoms with E-state index in [1.165, 1.54) is 5.69 Å². The van der Waals surface area contributed by atoms with Crippen molar-refractivity contribution >= 4 is 5.82 Å². The molecule has 1 aliphatic rings. The van der Waals surface area contributed by atoms with Gasteiger partial charge in [-0.1, -0.05) is 6.07 Å². The van der Waals surface area contributed by atoms with Crippen molar-refractivity contribution in [1.29, 1.82) is 0 Å². The third kappa shape index (κ3) is 2.70. The first-order valence-electron chi connectivity index (χ1n) is 6.66. The Hall–Kier alpha value is -2.04. The summed E-state index contributed by atoms with van der Waals surface area (Å²) in [5.74, 6) is 2.11. The first kappa shape index (κ1) is 12.0. The summed E-state index contributed by atoms with van der Waals surface area (Å²) >= 11 is 0. The summed E-state index contributed by atoms with van der Waals surface area (Å²) in [5.41, 5.74) is 1.19. The fraction of sp³-hybridized carbons (Fsp3) is 0.429. The van der Waals surface area contributed by atoms with E-state index >= 15 is 0 Å². The van der Waals surface area contributed by atoms with E-state index in [0.29, 0.717) is 11.8 Å². The van der Waals surface area contributed by atoms with E-state index < -0.39 is 0 Å². The van der Waals surface area contributed by atoms with E-state index in [9.17, 15) is 0 Å². The summed E-state index contributed by atoms with van der Waals surface area (Å²) in [7, 11) is 1.88. The van der Waals surface area contributed by atoms with Gasteiger partial charge in [0.15, 0.2) is 0 Å². The minimum Gasteiger partial charge on any atom is -0.474 e. The van der Waals surface area contributed by atoms with Crippen LogP contribution in [0.2, 0.25) is 0 Å². The van der Waals surface area contributed by atoms with Crippen molar-refractivity contribution in [2.24, 2.45) is 0 Å². The SMILES string of the molecule is CNc1cc(C2CCC(Oc3ccccn3)C2)[nH]n1. The number of nitrogens with one attached hydrogen (secondary N) is 2. The van der Waals surface area contributed by atoms with Crippen LogP contribution in [0.3, 0.4) is 0 Å². The Morgan fingerprint density at radius 3 is 3.05 bits per heavy atom. The van der Waals surface area contributed by atoms with E-state index in [1.54, 1.807) is 6.20 Å². The summed E-state index contributed by atoms with van der Waals surface area (Å²) < 4.78 is 5.90. The zero-order chi connectivity index (χ0) is 13.1. The minimum atomic E-state index is 0.251. The summed E-state index contributed by atoms with van der Waals surface area (Å²) in [4.78, 5) is 4.21. The van der Waals surface area contributed by atoms with Crippen LogP contribution in [-0.2, 0) is 0 Å². The molecule has 0 spiro atoms. The van der Waals surface area contributed by atoms with E-state index in [4.69, 9.17) is 4.74 Å². The Kier molecular flexibility index (Phi) is 3.35. The summed E-state index contributed by atoms with van der Waals surface area (Å²) in [6, 6.07) is 7.83.